The lowest BCUT2D eigenvalue weighted by atomic mass is 10.2. The Hall–Kier alpha value is -3.55. The molecule has 0 bridgehead atoms. The zero-order chi connectivity index (χ0) is 20.3. The fourth-order valence-corrected chi connectivity index (χ4v) is 2.67. The number of pyridine rings is 1. The predicted molar refractivity (Wildman–Crippen MR) is 110 cm³/mol. The van der Waals surface area contributed by atoms with E-state index in [2.05, 4.69) is 15.3 Å². The van der Waals surface area contributed by atoms with E-state index in [1.54, 1.807) is 12.3 Å². The summed E-state index contributed by atoms with van der Waals surface area (Å²) in [5.74, 6) is 0.472. The molecule has 2 aromatic heterocycles. The molecule has 3 rings (SSSR count). The summed E-state index contributed by atoms with van der Waals surface area (Å²) in [5.41, 5.74) is 2.08. The van der Waals surface area contributed by atoms with Crippen molar-refractivity contribution in [3.05, 3.63) is 74.2 Å². The van der Waals surface area contributed by atoms with Crippen LogP contribution < -0.4 is 10.9 Å². The van der Waals surface area contributed by atoms with Gasteiger partial charge in [0.2, 0.25) is 0 Å². The number of nitro benzene ring substituents is 1. The minimum Gasteiger partial charge on any atom is -0.367 e. The number of nitro groups is 1. The van der Waals surface area contributed by atoms with Crippen molar-refractivity contribution in [3.63, 3.8) is 0 Å². The van der Waals surface area contributed by atoms with Gasteiger partial charge >= 0.3 is 0 Å². The minimum absolute atomic E-state index is 0.0130. The molecule has 0 fully saturated rings. The van der Waals surface area contributed by atoms with Gasteiger partial charge in [0.25, 0.3) is 11.2 Å². The molecular formula is C20H21N5O3. The molecule has 28 heavy (non-hydrogen) atoms. The Morgan fingerprint density at radius 3 is 2.68 bits per heavy atom. The lowest BCUT2D eigenvalue weighted by Crippen LogP contribution is -2.25. The van der Waals surface area contributed by atoms with Gasteiger partial charge in [-0.15, -0.1) is 0 Å². The SMILES string of the molecule is CC[C@@H](C)Nc1nc2c(C)cccn2c(=O)c1C=Nc1ccc([N+](=O)[O-])cc1. The van der Waals surface area contributed by atoms with E-state index in [0.717, 1.165) is 12.0 Å². The van der Waals surface area contributed by atoms with Crippen LogP contribution in [0.5, 0.6) is 0 Å². The topological polar surface area (TPSA) is 102 Å². The van der Waals surface area contributed by atoms with Crippen LogP contribution in [0, 0.1) is 17.0 Å². The number of non-ortho nitro benzene ring substituents is 1. The van der Waals surface area contributed by atoms with Crippen LogP contribution in [-0.2, 0) is 0 Å². The van der Waals surface area contributed by atoms with Crippen molar-refractivity contribution in [3.8, 4) is 0 Å². The largest absolute Gasteiger partial charge is 0.367 e. The molecule has 0 aliphatic carbocycles. The second-order valence-electron chi connectivity index (χ2n) is 6.55. The Morgan fingerprint density at radius 1 is 1.32 bits per heavy atom. The summed E-state index contributed by atoms with van der Waals surface area (Å²) < 4.78 is 1.49. The van der Waals surface area contributed by atoms with E-state index in [1.807, 2.05) is 26.8 Å². The van der Waals surface area contributed by atoms with Crippen LogP contribution in [0.15, 0.2) is 52.4 Å². The molecule has 0 aliphatic heterocycles. The van der Waals surface area contributed by atoms with Crippen LogP contribution in [0.3, 0.4) is 0 Å². The van der Waals surface area contributed by atoms with E-state index in [1.165, 1.54) is 34.9 Å². The van der Waals surface area contributed by atoms with Crippen LogP contribution in [0.1, 0.15) is 31.4 Å². The molecule has 2 heterocycles. The maximum atomic E-state index is 13.0. The van der Waals surface area contributed by atoms with Gasteiger partial charge in [0.1, 0.15) is 17.0 Å². The number of aliphatic imine (C=N–C) groups is 1. The maximum Gasteiger partial charge on any atom is 0.269 e. The van der Waals surface area contributed by atoms with Crippen molar-refractivity contribution in [2.75, 3.05) is 5.32 Å². The smallest absolute Gasteiger partial charge is 0.269 e. The molecule has 0 aliphatic rings. The average Bonchev–Trinajstić information content (AvgIpc) is 2.68. The normalized spacial score (nSPS) is 12.4. The number of anilines is 1. The van der Waals surface area contributed by atoms with E-state index in [0.29, 0.717) is 22.7 Å². The minimum atomic E-state index is -0.469. The second-order valence-corrected chi connectivity index (χ2v) is 6.55. The Kier molecular flexibility index (Phi) is 5.49. The van der Waals surface area contributed by atoms with Gasteiger partial charge in [-0.3, -0.25) is 24.3 Å². The zero-order valence-corrected chi connectivity index (χ0v) is 15.9. The van der Waals surface area contributed by atoms with E-state index >= 15 is 0 Å². The fraction of sp³-hybridized carbons (Fsp3) is 0.250. The average molecular weight is 379 g/mol. The highest BCUT2D eigenvalue weighted by molar-refractivity contribution is 5.88. The molecule has 0 amide bonds. The highest BCUT2D eigenvalue weighted by Crippen LogP contribution is 2.19. The van der Waals surface area contributed by atoms with Gasteiger partial charge < -0.3 is 5.32 Å². The number of benzene rings is 1. The zero-order valence-electron chi connectivity index (χ0n) is 15.9. The molecule has 0 unspecified atom stereocenters. The van der Waals surface area contributed by atoms with Gasteiger partial charge in [-0.05, 0) is 44.0 Å². The van der Waals surface area contributed by atoms with Crippen molar-refractivity contribution in [1.29, 1.82) is 0 Å². The maximum absolute atomic E-state index is 13.0. The summed E-state index contributed by atoms with van der Waals surface area (Å²) in [6, 6.07) is 9.65. The van der Waals surface area contributed by atoms with Gasteiger partial charge in [-0.25, -0.2) is 4.98 Å². The van der Waals surface area contributed by atoms with Gasteiger partial charge in [0.15, 0.2) is 0 Å². The third kappa shape index (κ3) is 3.90. The number of aromatic nitrogens is 2. The first-order chi connectivity index (χ1) is 13.4. The number of aryl methyl sites for hydroxylation is 1. The monoisotopic (exact) mass is 379 g/mol. The van der Waals surface area contributed by atoms with Crippen molar-refractivity contribution in [2.24, 2.45) is 4.99 Å². The number of nitrogens with one attached hydrogen (secondary N) is 1. The van der Waals surface area contributed by atoms with Crippen molar-refractivity contribution >= 4 is 29.1 Å². The third-order valence-electron chi connectivity index (χ3n) is 4.48. The van der Waals surface area contributed by atoms with Crippen molar-refractivity contribution in [1.82, 2.24) is 9.38 Å². The summed E-state index contributed by atoms with van der Waals surface area (Å²) in [7, 11) is 0. The lowest BCUT2D eigenvalue weighted by molar-refractivity contribution is -0.384. The molecule has 3 aromatic rings. The summed E-state index contributed by atoms with van der Waals surface area (Å²) in [4.78, 5) is 32.3. The molecule has 144 valence electrons. The highest BCUT2D eigenvalue weighted by atomic mass is 16.6. The van der Waals surface area contributed by atoms with Gasteiger partial charge in [0.05, 0.1) is 10.6 Å². The number of fused-ring (bicyclic) bond motifs is 1. The molecular weight excluding hydrogens is 358 g/mol. The second kappa shape index (κ2) is 7.99. The summed E-state index contributed by atoms with van der Waals surface area (Å²) in [6.45, 7) is 5.96. The van der Waals surface area contributed by atoms with Crippen molar-refractivity contribution < 1.29 is 4.92 Å². The molecule has 0 saturated carbocycles. The van der Waals surface area contributed by atoms with Crippen LogP contribution in [0.25, 0.3) is 5.65 Å². The number of hydrogen-bond acceptors (Lipinski definition) is 6. The molecule has 0 radical (unpaired) electrons. The molecule has 1 aromatic carbocycles. The Balaban J connectivity index is 2.09. The van der Waals surface area contributed by atoms with Gasteiger partial charge in [-0.1, -0.05) is 13.0 Å². The third-order valence-corrected chi connectivity index (χ3v) is 4.48. The number of rotatable bonds is 6. The number of nitrogens with zero attached hydrogens (tertiary/aromatic N) is 4. The van der Waals surface area contributed by atoms with E-state index in [9.17, 15) is 14.9 Å². The first-order valence-corrected chi connectivity index (χ1v) is 8.97. The molecule has 0 saturated heterocycles. The highest BCUT2D eigenvalue weighted by Gasteiger charge is 2.14. The number of hydrogen-bond donors (Lipinski definition) is 1. The molecule has 8 nitrogen and oxygen atoms in total. The summed E-state index contributed by atoms with van der Waals surface area (Å²) in [6.07, 6.45) is 4.00. The Labute approximate surface area is 161 Å². The molecule has 1 atom stereocenters. The Morgan fingerprint density at radius 2 is 2.04 bits per heavy atom. The first-order valence-electron chi connectivity index (χ1n) is 8.97. The summed E-state index contributed by atoms with van der Waals surface area (Å²) >= 11 is 0. The predicted octanol–water partition coefficient (Wildman–Crippen LogP) is 3.87. The van der Waals surface area contributed by atoms with E-state index in [4.69, 9.17) is 0 Å². The van der Waals surface area contributed by atoms with Crippen LogP contribution in [-0.4, -0.2) is 26.6 Å². The standard InChI is InChI=1S/C20H21N5O3/c1-4-14(3)22-18-17(12-21-15-7-9-16(10-8-15)25(27)28)20(26)24-11-5-6-13(2)19(24)23-18/h5-12,14,22H,4H2,1-3H3/t14-/m1/s1. The lowest BCUT2D eigenvalue weighted by Gasteiger charge is -2.15. The van der Waals surface area contributed by atoms with Crippen molar-refractivity contribution in [2.45, 2.75) is 33.2 Å². The van der Waals surface area contributed by atoms with E-state index in [-0.39, 0.29) is 17.3 Å². The Bertz CT molecular complexity index is 1100. The molecule has 8 heteroatoms. The molecule has 0 spiro atoms. The van der Waals surface area contributed by atoms with Crippen LogP contribution in [0.2, 0.25) is 0 Å². The van der Waals surface area contributed by atoms with Gasteiger partial charge in [0, 0.05) is 30.6 Å². The fourth-order valence-electron chi connectivity index (χ4n) is 2.67. The van der Waals surface area contributed by atoms with Crippen LogP contribution >= 0.6 is 0 Å². The van der Waals surface area contributed by atoms with Crippen LogP contribution in [0.4, 0.5) is 17.2 Å². The first kappa shape index (κ1) is 19.2. The summed E-state index contributed by atoms with van der Waals surface area (Å²) in [5, 5.41) is 14.0. The molecule has 1 N–H and O–H groups in total. The van der Waals surface area contributed by atoms with Gasteiger partial charge in [-0.2, -0.15) is 0 Å². The quantitative estimate of drug-likeness (QED) is 0.398. The van der Waals surface area contributed by atoms with E-state index < -0.39 is 4.92 Å².